The van der Waals surface area contributed by atoms with E-state index in [1.165, 1.54) is 16.8 Å². The standard InChI is InChI=1S/C43H61FN10O17/c44-21-5-6-27-24-54(53-52-27)28-13-9-25(10-14-28)37(61)47-26(11-17-33(55)45-22-3-1-7-29(38(62)63)48-42(70)50-31(40(66)67)15-19-35(57)58)12-18-34(56)46-23-4-2-8-30(39(64)65)49-43(71)51-32(41(68)69)16-20-36(59)60/h9-10,13-14,24,26,29-32H,1-8,11-12,15-23H2,(H,45,55)(H,46,56)(H,47,61)(H,57,58)(H,59,60)(H,62,63)(H,64,65)(H,66,67)(H,68,69)(H2,48,50,70)(H2,49,51,71). The number of aryl methyl sites for hydroxylation is 1. The van der Waals surface area contributed by atoms with Crippen LogP contribution in [0.2, 0.25) is 0 Å². The molecule has 0 radical (unpaired) electrons. The molecule has 2 aromatic rings. The fraction of sp³-hybridized carbons (Fsp3) is 0.558. The Labute approximate surface area is 405 Å². The Balaban J connectivity index is 1.96. The number of benzene rings is 1. The number of halogens is 1. The summed E-state index contributed by atoms with van der Waals surface area (Å²) in [5.74, 6) is -9.80. The largest absolute Gasteiger partial charge is 0.481 e. The number of carbonyl (C=O) groups is 11. The van der Waals surface area contributed by atoms with E-state index in [2.05, 4.69) is 36.9 Å². The van der Waals surface area contributed by atoms with Crippen LogP contribution in [0.1, 0.15) is 112 Å². The number of urea groups is 2. The van der Waals surface area contributed by atoms with Crippen molar-refractivity contribution in [2.24, 2.45) is 0 Å². The SMILES string of the molecule is O=C(O)CCC(NC(=O)NC(CCCCNC(=O)CCC(CCC(=O)NCCCCC(NC(=O)NC(CCC(=O)O)C(=O)O)C(=O)O)NC(=O)c1ccc(-n2cc(CCCF)nn2)cc1)C(=O)O)C(=O)O. The molecule has 0 fully saturated rings. The van der Waals surface area contributed by atoms with Crippen molar-refractivity contribution in [2.75, 3.05) is 19.8 Å². The first-order valence-electron chi connectivity index (χ1n) is 22.6. The van der Waals surface area contributed by atoms with Crippen molar-refractivity contribution in [2.45, 2.75) is 133 Å². The van der Waals surface area contributed by atoms with Crippen molar-refractivity contribution in [1.82, 2.24) is 52.2 Å². The molecule has 1 aromatic heterocycles. The van der Waals surface area contributed by atoms with Gasteiger partial charge in [-0.15, -0.1) is 5.10 Å². The molecule has 4 atom stereocenters. The summed E-state index contributed by atoms with van der Waals surface area (Å²) in [6.45, 7) is -0.312. The van der Waals surface area contributed by atoms with Gasteiger partial charge in [-0.3, -0.25) is 28.4 Å². The number of alkyl halides is 1. The third-order valence-electron chi connectivity index (χ3n) is 10.5. The van der Waals surface area contributed by atoms with Gasteiger partial charge in [-0.2, -0.15) is 0 Å². The zero-order valence-electron chi connectivity index (χ0n) is 38.6. The Bertz CT molecular complexity index is 2050. The van der Waals surface area contributed by atoms with E-state index in [9.17, 15) is 77.6 Å². The third-order valence-corrected chi connectivity index (χ3v) is 10.5. The van der Waals surface area contributed by atoms with E-state index >= 15 is 0 Å². The highest BCUT2D eigenvalue weighted by Gasteiger charge is 2.27. The van der Waals surface area contributed by atoms with Crippen LogP contribution in [0, 0.1) is 0 Å². The lowest BCUT2D eigenvalue weighted by Gasteiger charge is -2.19. The topological polar surface area (TPSA) is 424 Å². The first-order valence-corrected chi connectivity index (χ1v) is 22.6. The van der Waals surface area contributed by atoms with Crippen LogP contribution >= 0.6 is 0 Å². The molecule has 2 rings (SSSR count). The molecule has 0 aliphatic carbocycles. The fourth-order valence-corrected chi connectivity index (χ4v) is 6.58. The molecule has 1 aromatic carbocycles. The Morgan fingerprint density at radius 1 is 0.521 bits per heavy atom. The Kier molecular flexibility index (Phi) is 26.7. The summed E-state index contributed by atoms with van der Waals surface area (Å²) in [6.07, 6.45) is 1.04. The quantitative estimate of drug-likeness (QED) is 0.0414. The number of carboxylic acid groups (broad SMARTS) is 6. The number of aromatic nitrogens is 3. The summed E-state index contributed by atoms with van der Waals surface area (Å²) in [5.41, 5.74) is 1.40. The number of unbranched alkanes of at least 4 members (excludes halogenated alkanes) is 2. The molecule has 28 heteroatoms. The van der Waals surface area contributed by atoms with Crippen molar-refractivity contribution in [3.8, 4) is 5.69 Å². The maximum Gasteiger partial charge on any atom is 0.326 e. The normalized spacial score (nSPS) is 12.9. The van der Waals surface area contributed by atoms with E-state index < -0.39 is 128 Å². The van der Waals surface area contributed by atoms with E-state index in [-0.39, 0.29) is 89.3 Å². The number of amides is 7. The fourth-order valence-electron chi connectivity index (χ4n) is 6.58. The van der Waals surface area contributed by atoms with E-state index in [1.54, 1.807) is 18.3 Å². The molecule has 13 N–H and O–H groups in total. The Morgan fingerprint density at radius 3 is 1.34 bits per heavy atom. The molecule has 392 valence electrons. The van der Waals surface area contributed by atoms with Gasteiger partial charge in [-0.1, -0.05) is 5.21 Å². The molecule has 1 heterocycles. The van der Waals surface area contributed by atoms with Crippen LogP contribution in [0.15, 0.2) is 30.5 Å². The molecule has 0 aliphatic rings. The van der Waals surface area contributed by atoms with Crippen molar-refractivity contribution >= 4 is 65.6 Å². The number of hydrogen-bond donors (Lipinski definition) is 13. The van der Waals surface area contributed by atoms with Gasteiger partial charge in [0.15, 0.2) is 0 Å². The molecule has 27 nitrogen and oxygen atoms in total. The molecule has 0 aliphatic heterocycles. The van der Waals surface area contributed by atoms with Crippen LogP contribution < -0.4 is 37.2 Å². The minimum atomic E-state index is -1.57. The van der Waals surface area contributed by atoms with Crippen molar-refractivity contribution in [3.63, 3.8) is 0 Å². The van der Waals surface area contributed by atoms with Gasteiger partial charge in [0.1, 0.15) is 24.2 Å². The van der Waals surface area contributed by atoms with Gasteiger partial charge in [0.2, 0.25) is 11.8 Å². The van der Waals surface area contributed by atoms with Gasteiger partial charge in [0.05, 0.1) is 24.3 Å². The number of carboxylic acids is 6. The first-order chi connectivity index (χ1) is 33.7. The van der Waals surface area contributed by atoms with Crippen LogP contribution in [0.4, 0.5) is 14.0 Å². The lowest BCUT2D eigenvalue weighted by molar-refractivity contribution is -0.142. The zero-order chi connectivity index (χ0) is 52.9. The van der Waals surface area contributed by atoms with Gasteiger partial charge < -0.3 is 67.9 Å². The number of aliphatic carboxylic acids is 6. The van der Waals surface area contributed by atoms with Crippen molar-refractivity contribution in [3.05, 3.63) is 41.7 Å². The molecular formula is C43H61FN10O17. The lowest BCUT2D eigenvalue weighted by Crippen LogP contribution is -2.51. The van der Waals surface area contributed by atoms with Crippen LogP contribution in [0.3, 0.4) is 0 Å². The number of carbonyl (C=O) groups excluding carboxylic acids is 5. The van der Waals surface area contributed by atoms with Gasteiger partial charge in [0, 0.05) is 50.4 Å². The molecule has 0 bridgehead atoms. The average Bonchev–Trinajstić information content (AvgIpc) is 3.79. The highest BCUT2D eigenvalue weighted by molar-refractivity contribution is 5.94. The van der Waals surface area contributed by atoms with E-state index in [0.717, 1.165) is 0 Å². The summed E-state index contributed by atoms with van der Waals surface area (Å²) in [6, 6.07) is -2.67. The first kappa shape index (κ1) is 59.2. The molecular weight excluding hydrogens is 948 g/mol. The molecule has 7 amide bonds. The Morgan fingerprint density at radius 2 is 0.944 bits per heavy atom. The highest BCUT2D eigenvalue weighted by Crippen LogP contribution is 2.13. The summed E-state index contributed by atoms with van der Waals surface area (Å²) < 4.78 is 14.1. The minimum Gasteiger partial charge on any atom is -0.481 e. The maximum atomic E-state index is 13.4. The summed E-state index contributed by atoms with van der Waals surface area (Å²) in [7, 11) is 0. The van der Waals surface area contributed by atoms with Crippen molar-refractivity contribution in [1.29, 1.82) is 0 Å². The van der Waals surface area contributed by atoms with Gasteiger partial charge in [0.25, 0.3) is 5.91 Å². The van der Waals surface area contributed by atoms with Crippen molar-refractivity contribution < 1.29 is 87.8 Å². The third kappa shape index (κ3) is 24.8. The van der Waals surface area contributed by atoms with Gasteiger partial charge in [-0.05, 0) is 101 Å². The molecule has 0 spiro atoms. The van der Waals surface area contributed by atoms with E-state index in [1.807, 2.05) is 10.6 Å². The van der Waals surface area contributed by atoms with Crippen LogP contribution in [-0.4, -0.2) is 161 Å². The molecule has 4 unspecified atom stereocenters. The second-order valence-corrected chi connectivity index (χ2v) is 16.1. The van der Waals surface area contributed by atoms with Crippen LogP contribution in [0.25, 0.3) is 5.69 Å². The van der Waals surface area contributed by atoms with Crippen LogP contribution in [0.5, 0.6) is 0 Å². The summed E-state index contributed by atoms with van der Waals surface area (Å²) >= 11 is 0. The second kappa shape index (κ2) is 32.0. The molecule has 0 saturated heterocycles. The van der Waals surface area contributed by atoms with Crippen LogP contribution in [-0.2, 0) is 44.8 Å². The predicted molar refractivity (Wildman–Crippen MR) is 242 cm³/mol. The summed E-state index contributed by atoms with van der Waals surface area (Å²) in [5, 5.41) is 79.8. The lowest BCUT2D eigenvalue weighted by atomic mass is 10.0. The van der Waals surface area contributed by atoms with Gasteiger partial charge >= 0.3 is 47.9 Å². The van der Waals surface area contributed by atoms with Gasteiger partial charge in [-0.25, -0.2) is 33.4 Å². The summed E-state index contributed by atoms with van der Waals surface area (Å²) in [4.78, 5) is 132. The molecule has 0 saturated carbocycles. The maximum absolute atomic E-state index is 13.4. The smallest absolute Gasteiger partial charge is 0.326 e. The van der Waals surface area contributed by atoms with E-state index in [4.69, 9.17) is 10.2 Å². The Hall–Kier alpha value is -7.94. The number of hydrogen-bond acceptors (Lipinski definition) is 13. The number of nitrogens with one attached hydrogen (secondary N) is 7. The predicted octanol–water partition coefficient (Wildman–Crippen LogP) is 0.542. The average molecular weight is 1010 g/mol. The second-order valence-electron chi connectivity index (χ2n) is 16.1. The zero-order valence-corrected chi connectivity index (χ0v) is 38.6. The molecule has 71 heavy (non-hydrogen) atoms. The monoisotopic (exact) mass is 1010 g/mol. The number of rotatable bonds is 36. The highest BCUT2D eigenvalue weighted by atomic mass is 19.1. The van der Waals surface area contributed by atoms with E-state index in [0.29, 0.717) is 17.8 Å². The minimum absolute atomic E-state index is 0.0808. The number of nitrogens with zero attached hydrogens (tertiary/aromatic N) is 3.